The van der Waals surface area contributed by atoms with Crippen molar-refractivity contribution in [3.05, 3.63) is 28.2 Å². The summed E-state index contributed by atoms with van der Waals surface area (Å²) in [6, 6.07) is 4.63. The maximum atomic E-state index is 10.5. The molecule has 1 rings (SSSR count). The fourth-order valence-corrected chi connectivity index (χ4v) is 1.77. The van der Waals surface area contributed by atoms with E-state index in [1.165, 1.54) is 13.2 Å². The van der Waals surface area contributed by atoms with E-state index >= 15 is 0 Å². The second kappa shape index (κ2) is 5.29. The van der Waals surface area contributed by atoms with Crippen LogP contribution >= 0.6 is 15.9 Å². The van der Waals surface area contributed by atoms with Crippen molar-refractivity contribution in [1.82, 2.24) is 0 Å². The van der Waals surface area contributed by atoms with Crippen molar-refractivity contribution >= 4 is 21.9 Å². The third-order valence-corrected chi connectivity index (χ3v) is 2.77. The summed E-state index contributed by atoms with van der Waals surface area (Å²) in [4.78, 5) is 10.5. The minimum Gasteiger partial charge on any atom is -0.497 e. The molecule has 3 N–H and O–H groups in total. The third kappa shape index (κ3) is 2.72. The van der Waals surface area contributed by atoms with Crippen molar-refractivity contribution in [2.24, 2.45) is 0 Å². The highest BCUT2D eigenvalue weighted by molar-refractivity contribution is 9.10. The van der Waals surface area contributed by atoms with Crippen LogP contribution in [0.1, 0.15) is 11.7 Å². The summed E-state index contributed by atoms with van der Waals surface area (Å²) in [7, 11) is 1.49. The van der Waals surface area contributed by atoms with Crippen LogP contribution < -0.4 is 4.74 Å². The van der Waals surface area contributed by atoms with Gasteiger partial charge in [0.15, 0.2) is 6.10 Å². The molecule has 6 heteroatoms. The lowest BCUT2D eigenvalue weighted by Crippen LogP contribution is -2.27. The first-order chi connectivity index (χ1) is 7.47. The molecule has 0 radical (unpaired) electrons. The standard InChI is InChI=1S/C10H11BrO5/c1-16-5-2-3-6(7(11)4-5)8(12)9(13)10(14)15/h2-4,8-9,12-13H,1H3,(H,14,15). The number of carboxylic acids is 1. The van der Waals surface area contributed by atoms with Gasteiger partial charge in [-0.25, -0.2) is 4.79 Å². The average Bonchev–Trinajstić information content (AvgIpc) is 2.26. The number of hydrogen-bond donors (Lipinski definition) is 3. The highest BCUT2D eigenvalue weighted by atomic mass is 79.9. The fraction of sp³-hybridized carbons (Fsp3) is 0.300. The van der Waals surface area contributed by atoms with Crippen molar-refractivity contribution in [2.75, 3.05) is 7.11 Å². The van der Waals surface area contributed by atoms with Crippen molar-refractivity contribution in [3.63, 3.8) is 0 Å². The Kier molecular flexibility index (Phi) is 4.28. The van der Waals surface area contributed by atoms with Crippen LogP contribution in [0.15, 0.2) is 22.7 Å². The minimum absolute atomic E-state index is 0.288. The SMILES string of the molecule is COc1ccc(C(O)C(O)C(=O)O)c(Br)c1. The summed E-state index contributed by atoms with van der Waals surface area (Å²) in [5.74, 6) is -0.914. The molecule has 88 valence electrons. The lowest BCUT2D eigenvalue weighted by molar-refractivity contribution is -0.153. The molecule has 0 bridgehead atoms. The number of carbonyl (C=O) groups is 1. The van der Waals surface area contributed by atoms with Gasteiger partial charge in [0.05, 0.1) is 7.11 Å². The van der Waals surface area contributed by atoms with Gasteiger partial charge in [0, 0.05) is 4.47 Å². The summed E-state index contributed by atoms with van der Waals surface area (Å²) < 4.78 is 5.42. The normalized spacial score (nSPS) is 14.2. The Morgan fingerprint density at radius 3 is 2.50 bits per heavy atom. The van der Waals surface area contributed by atoms with Crippen molar-refractivity contribution < 1.29 is 24.9 Å². The number of rotatable bonds is 4. The predicted octanol–water partition coefficient (Wildman–Crippen LogP) is 0.937. The first-order valence-corrected chi connectivity index (χ1v) is 5.19. The molecule has 0 heterocycles. The summed E-state index contributed by atoms with van der Waals surface area (Å²) in [5.41, 5.74) is 0.288. The largest absolute Gasteiger partial charge is 0.497 e. The van der Waals surface area contributed by atoms with Crippen LogP contribution in [-0.4, -0.2) is 34.5 Å². The molecule has 0 saturated carbocycles. The van der Waals surface area contributed by atoms with E-state index < -0.39 is 18.2 Å². The number of methoxy groups -OCH3 is 1. The van der Waals surface area contributed by atoms with Crippen LogP contribution in [0.3, 0.4) is 0 Å². The second-order valence-corrected chi connectivity index (χ2v) is 3.97. The van der Waals surface area contributed by atoms with Gasteiger partial charge in [0.25, 0.3) is 0 Å². The summed E-state index contributed by atoms with van der Waals surface area (Å²) >= 11 is 3.16. The van der Waals surface area contributed by atoms with Crippen LogP contribution in [-0.2, 0) is 4.79 Å². The number of aliphatic carboxylic acids is 1. The van der Waals surface area contributed by atoms with Gasteiger partial charge in [-0.2, -0.15) is 0 Å². The summed E-state index contributed by atoms with van der Waals surface area (Å²) in [6.07, 6.45) is -3.34. The first-order valence-electron chi connectivity index (χ1n) is 4.39. The molecule has 0 fully saturated rings. The Hall–Kier alpha value is -1.11. The number of ether oxygens (including phenoxy) is 1. The van der Waals surface area contributed by atoms with E-state index in [4.69, 9.17) is 9.84 Å². The van der Waals surface area contributed by atoms with Crippen LogP contribution in [0, 0.1) is 0 Å². The van der Waals surface area contributed by atoms with Crippen molar-refractivity contribution in [2.45, 2.75) is 12.2 Å². The Balaban J connectivity index is 3.00. The van der Waals surface area contributed by atoms with Gasteiger partial charge in [-0.1, -0.05) is 22.0 Å². The Bertz CT molecular complexity index is 393. The molecule has 2 unspecified atom stereocenters. The molecule has 0 amide bonds. The van der Waals surface area contributed by atoms with Crippen LogP contribution in [0.2, 0.25) is 0 Å². The molecule has 16 heavy (non-hydrogen) atoms. The minimum atomic E-state index is -1.86. The third-order valence-electron chi connectivity index (χ3n) is 2.08. The van der Waals surface area contributed by atoms with Gasteiger partial charge in [-0.05, 0) is 17.7 Å². The van der Waals surface area contributed by atoms with E-state index in [-0.39, 0.29) is 5.56 Å². The van der Waals surface area contributed by atoms with Gasteiger partial charge in [0.1, 0.15) is 11.9 Å². The van der Waals surface area contributed by atoms with Gasteiger partial charge in [0.2, 0.25) is 0 Å². The quantitative estimate of drug-likeness (QED) is 0.768. The Labute approximate surface area is 100 Å². The maximum Gasteiger partial charge on any atom is 0.335 e. The van der Waals surface area contributed by atoms with Gasteiger partial charge >= 0.3 is 5.97 Å². The predicted molar refractivity (Wildman–Crippen MR) is 59.3 cm³/mol. The van der Waals surface area contributed by atoms with Crippen LogP contribution in [0.5, 0.6) is 5.75 Å². The topological polar surface area (TPSA) is 87.0 Å². The lowest BCUT2D eigenvalue weighted by Gasteiger charge is -2.16. The molecule has 5 nitrogen and oxygen atoms in total. The maximum absolute atomic E-state index is 10.5. The zero-order chi connectivity index (χ0) is 12.3. The summed E-state index contributed by atoms with van der Waals surface area (Å²) in [6.45, 7) is 0. The van der Waals surface area contributed by atoms with E-state index in [9.17, 15) is 15.0 Å². The molecule has 2 atom stereocenters. The van der Waals surface area contributed by atoms with Gasteiger partial charge in [-0.3, -0.25) is 0 Å². The van der Waals surface area contributed by atoms with E-state index in [0.29, 0.717) is 10.2 Å². The van der Waals surface area contributed by atoms with E-state index in [2.05, 4.69) is 15.9 Å². The molecule has 0 aliphatic carbocycles. The van der Waals surface area contributed by atoms with E-state index in [1.807, 2.05) is 0 Å². The highest BCUT2D eigenvalue weighted by Crippen LogP contribution is 2.29. The number of hydrogen-bond acceptors (Lipinski definition) is 4. The molecule has 0 saturated heterocycles. The Morgan fingerprint density at radius 1 is 1.44 bits per heavy atom. The smallest absolute Gasteiger partial charge is 0.335 e. The monoisotopic (exact) mass is 290 g/mol. The number of carboxylic acid groups (broad SMARTS) is 1. The van der Waals surface area contributed by atoms with Crippen molar-refractivity contribution in [1.29, 1.82) is 0 Å². The van der Waals surface area contributed by atoms with E-state index in [1.54, 1.807) is 12.1 Å². The number of benzene rings is 1. The number of halogens is 1. The fourth-order valence-electron chi connectivity index (χ4n) is 1.18. The summed E-state index contributed by atoms with van der Waals surface area (Å²) in [5, 5.41) is 27.4. The van der Waals surface area contributed by atoms with Crippen molar-refractivity contribution in [3.8, 4) is 5.75 Å². The van der Waals surface area contributed by atoms with Gasteiger partial charge in [-0.15, -0.1) is 0 Å². The van der Waals surface area contributed by atoms with Gasteiger partial charge < -0.3 is 20.1 Å². The highest BCUT2D eigenvalue weighted by Gasteiger charge is 2.26. The zero-order valence-electron chi connectivity index (χ0n) is 8.42. The zero-order valence-corrected chi connectivity index (χ0v) is 10.0. The molecule has 1 aromatic rings. The molecular formula is C10H11BrO5. The first kappa shape index (κ1) is 13.0. The molecule has 0 aliphatic heterocycles. The second-order valence-electron chi connectivity index (χ2n) is 3.12. The molecule has 1 aromatic carbocycles. The van der Waals surface area contributed by atoms with Crippen LogP contribution in [0.25, 0.3) is 0 Å². The Morgan fingerprint density at radius 2 is 2.06 bits per heavy atom. The molecule has 0 aliphatic rings. The molecule has 0 spiro atoms. The van der Waals surface area contributed by atoms with Crippen LogP contribution in [0.4, 0.5) is 0 Å². The number of aliphatic hydroxyl groups is 2. The lowest BCUT2D eigenvalue weighted by atomic mass is 10.0. The van der Waals surface area contributed by atoms with E-state index in [0.717, 1.165) is 0 Å². The molecule has 0 aromatic heterocycles. The average molecular weight is 291 g/mol. The molecular weight excluding hydrogens is 280 g/mol. The number of aliphatic hydroxyl groups excluding tert-OH is 2.